The van der Waals surface area contributed by atoms with Gasteiger partial charge in [-0.25, -0.2) is 0 Å². The lowest BCUT2D eigenvalue weighted by Crippen LogP contribution is -2.41. The van der Waals surface area contributed by atoms with Crippen LogP contribution < -0.4 is 5.32 Å². The number of ether oxygens (including phenoxy) is 1. The lowest BCUT2D eigenvalue weighted by atomic mass is 9.95. The Hall–Kier alpha value is -2.20. The SMILES string of the molecule is Cc1ccccc1CC(=O)N[C@@H]1COC[C@H]1Cc1ccncc1. The van der Waals surface area contributed by atoms with Crippen LogP contribution >= 0.6 is 0 Å². The van der Waals surface area contributed by atoms with Crippen molar-refractivity contribution in [2.24, 2.45) is 5.92 Å². The molecule has 3 rings (SSSR count). The number of amides is 1. The third-order valence-electron chi connectivity index (χ3n) is 4.40. The molecule has 1 fully saturated rings. The van der Waals surface area contributed by atoms with Gasteiger partial charge in [0.2, 0.25) is 5.91 Å². The smallest absolute Gasteiger partial charge is 0.224 e. The van der Waals surface area contributed by atoms with E-state index in [4.69, 9.17) is 4.74 Å². The highest BCUT2D eigenvalue weighted by Crippen LogP contribution is 2.19. The molecule has 0 unspecified atom stereocenters. The highest BCUT2D eigenvalue weighted by molar-refractivity contribution is 5.79. The molecule has 1 aliphatic heterocycles. The molecule has 120 valence electrons. The van der Waals surface area contributed by atoms with Crippen LogP contribution in [0.4, 0.5) is 0 Å². The summed E-state index contributed by atoms with van der Waals surface area (Å²) in [6, 6.07) is 12.1. The lowest BCUT2D eigenvalue weighted by Gasteiger charge is -2.19. The minimum Gasteiger partial charge on any atom is -0.379 e. The van der Waals surface area contributed by atoms with Crippen molar-refractivity contribution >= 4 is 5.91 Å². The predicted molar refractivity (Wildman–Crippen MR) is 89.1 cm³/mol. The largest absolute Gasteiger partial charge is 0.379 e. The molecule has 0 radical (unpaired) electrons. The number of aromatic nitrogens is 1. The number of pyridine rings is 1. The standard InChI is InChI=1S/C19H22N2O2/c1-14-4-2-3-5-16(14)11-19(22)21-18-13-23-12-17(18)10-15-6-8-20-9-7-15/h2-9,17-18H,10-13H2,1H3,(H,21,22)/t17-,18-/m1/s1. The van der Waals surface area contributed by atoms with E-state index >= 15 is 0 Å². The molecule has 4 heteroatoms. The fourth-order valence-electron chi connectivity index (χ4n) is 3.02. The molecule has 1 N–H and O–H groups in total. The molecule has 1 aliphatic rings. The number of hydrogen-bond acceptors (Lipinski definition) is 3. The molecule has 2 atom stereocenters. The summed E-state index contributed by atoms with van der Waals surface area (Å²) in [5.41, 5.74) is 3.46. The van der Waals surface area contributed by atoms with Crippen LogP contribution in [0.1, 0.15) is 16.7 Å². The molecule has 0 spiro atoms. The van der Waals surface area contributed by atoms with Gasteiger partial charge < -0.3 is 10.1 Å². The van der Waals surface area contributed by atoms with Crippen molar-refractivity contribution in [1.29, 1.82) is 0 Å². The van der Waals surface area contributed by atoms with E-state index in [0.29, 0.717) is 25.6 Å². The second-order valence-corrected chi connectivity index (χ2v) is 6.13. The molecule has 1 aromatic carbocycles. The minimum absolute atomic E-state index is 0.0644. The van der Waals surface area contributed by atoms with Gasteiger partial charge in [-0.3, -0.25) is 9.78 Å². The van der Waals surface area contributed by atoms with Crippen LogP contribution in [0.2, 0.25) is 0 Å². The van der Waals surface area contributed by atoms with Gasteiger partial charge in [-0.1, -0.05) is 24.3 Å². The highest BCUT2D eigenvalue weighted by Gasteiger charge is 2.29. The van der Waals surface area contributed by atoms with Crippen LogP contribution in [0.25, 0.3) is 0 Å². The molecular formula is C19H22N2O2. The Balaban J connectivity index is 1.58. The maximum absolute atomic E-state index is 12.3. The normalized spacial score (nSPS) is 20.4. The first-order chi connectivity index (χ1) is 11.2. The minimum atomic E-state index is 0.0644. The van der Waals surface area contributed by atoms with Crippen LogP contribution in [-0.2, 0) is 22.4 Å². The zero-order chi connectivity index (χ0) is 16.1. The van der Waals surface area contributed by atoms with E-state index < -0.39 is 0 Å². The van der Waals surface area contributed by atoms with Crippen molar-refractivity contribution in [3.8, 4) is 0 Å². The Morgan fingerprint density at radius 3 is 2.78 bits per heavy atom. The fourth-order valence-corrected chi connectivity index (χ4v) is 3.02. The molecule has 23 heavy (non-hydrogen) atoms. The van der Waals surface area contributed by atoms with Crippen molar-refractivity contribution in [1.82, 2.24) is 10.3 Å². The van der Waals surface area contributed by atoms with Crippen molar-refractivity contribution in [2.75, 3.05) is 13.2 Å². The summed E-state index contributed by atoms with van der Waals surface area (Å²) in [6.45, 7) is 3.32. The van der Waals surface area contributed by atoms with E-state index in [1.54, 1.807) is 12.4 Å². The van der Waals surface area contributed by atoms with Crippen molar-refractivity contribution < 1.29 is 9.53 Å². The lowest BCUT2D eigenvalue weighted by molar-refractivity contribution is -0.121. The van der Waals surface area contributed by atoms with E-state index in [0.717, 1.165) is 17.5 Å². The first kappa shape index (κ1) is 15.7. The first-order valence-corrected chi connectivity index (χ1v) is 8.03. The van der Waals surface area contributed by atoms with Crippen LogP contribution in [0.15, 0.2) is 48.8 Å². The maximum atomic E-state index is 12.3. The summed E-state index contributed by atoms with van der Waals surface area (Å²) < 4.78 is 5.59. The van der Waals surface area contributed by atoms with E-state index in [1.807, 2.05) is 43.3 Å². The van der Waals surface area contributed by atoms with Gasteiger partial charge in [0.05, 0.1) is 25.7 Å². The zero-order valence-corrected chi connectivity index (χ0v) is 13.4. The first-order valence-electron chi connectivity index (χ1n) is 8.03. The summed E-state index contributed by atoms with van der Waals surface area (Å²) in [7, 11) is 0. The number of carbonyl (C=O) groups is 1. The van der Waals surface area contributed by atoms with Gasteiger partial charge in [-0.05, 0) is 42.2 Å². The van der Waals surface area contributed by atoms with Gasteiger partial charge in [-0.15, -0.1) is 0 Å². The Labute approximate surface area is 136 Å². The quantitative estimate of drug-likeness (QED) is 0.922. The molecule has 4 nitrogen and oxygen atoms in total. The van der Waals surface area contributed by atoms with Gasteiger partial charge in [0.25, 0.3) is 0 Å². The van der Waals surface area contributed by atoms with Crippen LogP contribution in [0.3, 0.4) is 0 Å². The second kappa shape index (κ2) is 7.38. The second-order valence-electron chi connectivity index (χ2n) is 6.13. The molecular weight excluding hydrogens is 288 g/mol. The third kappa shape index (κ3) is 4.17. The number of nitrogens with one attached hydrogen (secondary N) is 1. The third-order valence-corrected chi connectivity index (χ3v) is 4.40. The predicted octanol–water partition coefficient (Wildman–Crippen LogP) is 2.31. The summed E-state index contributed by atoms with van der Waals surface area (Å²) in [5.74, 6) is 0.382. The Bertz CT molecular complexity index is 657. The van der Waals surface area contributed by atoms with Crippen molar-refractivity contribution in [3.05, 3.63) is 65.5 Å². The van der Waals surface area contributed by atoms with E-state index in [-0.39, 0.29) is 11.9 Å². The summed E-state index contributed by atoms with van der Waals surface area (Å²) >= 11 is 0. The highest BCUT2D eigenvalue weighted by atomic mass is 16.5. The Kier molecular flexibility index (Phi) is 5.03. The molecule has 2 heterocycles. The molecule has 1 aromatic heterocycles. The van der Waals surface area contributed by atoms with Gasteiger partial charge in [-0.2, -0.15) is 0 Å². The average Bonchev–Trinajstić information content (AvgIpc) is 2.97. The Morgan fingerprint density at radius 2 is 2.00 bits per heavy atom. The molecule has 0 bridgehead atoms. The van der Waals surface area contributed by atoms with Crippen molar-refractivity contribution in [2.45, 2.75) is 25.8 Å². The topological polar surface area (TPSA) is 51.2 Å². The number of rotatable bonds is 5. The van der Waals surface area contributed by atoms with Crippen LogP contribution in [0, 0.1) is 12.8 Å². The summed E-state index contributed by atoms with van der Waals surface area (Å²) in [6.07, 6.45) is 4.93. The van der Waals surface area contributed by atoms with E-state index in [9.17, 15) is 4.79 Å². The average molecular weight is 310 g/mol. The molecule has 1 amide bonds. The maximum Gasteiger partial charge on any atom is 0.224 e. The monoisotopic (exact) mass is 310 g/mol. The number of hydrogen-bond donors (Lipinski definition) is 1. The summed E-state index contributed by atoms with van der Waals surface area (Å²) in [5, 5.41) is 3.15. The number of aryl methyl sites for hydroxylation is 1. The van der Waals surface area contributed by atoms with Crippen molar-refractivity contribution in [3.63, 3.8) is 0 Å². The van der Waals surface area contributed by atoms with Crippen LogP contribution in [-0.4, -0.2) is 30.1 Å². The van der Waals surface area contributed by atoms with E-state index in [1.165, 1.54) is 5.56 Å². The number of nitrogens with zero attached hydrogens (tertiary/aromatic N) is 1. The molecule has 0 saturated carbocycles. The number of carbonyl (C=O) groups excluding carboxylic acids is 1. The molecule has 0 aliphatic carbocycles. The van der Waals surface area contributed by atoms with Gasteiger partial charge >= 0.3 is 0 Å². The van der Waals surface area contributed by atoms with E-state index in [2.05, 4.69) is 10.3 Å². The van der Waals surface area contributed by atoms with Gasteiger partial charge in [0, 0.05) is 18.3 Å². The molecule has 1 saturated heterocycles. The number of benzene rings is 1. The summed E-state index contributed by atoms with van der Waals surface area (Å²) in [4.78, 5) is 16.4. The van der Waals surface area contributed by atoms with Gasteiger partial charge in [0.15, 0.2) is 0 Å². The fraction of sp³-hybridized carbons (Fsp3) is 0.368. The molecule has 2 aromatic rings. The Morgan fingerprint density at radius 1 is 1.22 bits per heavy atom. The van der Waals surface area contributed by atoms with Gasteiger partial charge in [0.1, 0.15) is 0 Å². The zero-order valence-electron chi connectivity index (χ0n) is 13.4. The van der Waals surface area contributed by atoms with Crippen LogP contribution in [0.5, 0.6) is 0 Å².